The zero-order valence-electron chi connectivity index (χ0n) is 17.3. The summed E-state index contributed by atoms with van der Waals surface area (Å²) in [6.45, 7) is 15.9. The molecule has 0 radical (unpaired) electrons. The van der Waals surface area contributed by atoms with E-state index in [1.165, 1.54) is 0 Å². The third kappa shape index (κ3) is 10.2. The number of guanidine groups is 1. The number of rotatable bonds is 8. The number of β-amino-alcohol motifs (C(OH)–C–C–N with tert-alkyl or cyclic N) is 1. The molecule has 2 atom stereocenters. The minimum atomic E-state index is -0.871. The van der Waals surface area contributed by atoms with Gasteiger partial charge in [-0.25, -0.2) is 0 Å². The minimum absolute atomic E-state index is 0. The summed E-state index contributed by atoms with van der Waals surface area (Å²) in [6.07, 6.45) is 0.0743. The second-order valence-electron chi connectivity index (χ2n) is 8.05. The molecule has 26 heavy (non-hydrogen) atoms. The number of methoxy groups -OCH3 is 1. The number of nitrogens with one attached hydrogen (secondary N) is 2. The fourth-order valence-electron chi connectivity index (χ4n) is 2.81. The van der Waals surface area contributed by atoms with Crippen LogP contribution in [0.4, 0.5) is 0 Å². The highest BCUT2D eigenvalue weighted by molar-refractivity contribution is 14.0. The Morgan fingerprint density at radius 3 is 2.35 bits per heavy atom. The first-order valence-electron chi connectivity index (χ1n) is 9.25. The van der Waals surface area contributed by atoms with E-state index in [0.717, 1.165) is 32.8 Å². The van der Waals surface area contributed by atoms with Crippen LogP contribution in [0.2, 0.25) is 0 Å². The zero-order chi connectivity index (χ0) is 18.9. The van der Waals surface area contributed by atoms with Crippen LogP contribution in [-0.2, 0) is 9.47 Å². The van der Waals surface area contributed by atoms with Crippen molar-refractivity contribution in [2.75, 3.05) is 59.6 Å². The van der Waals surface area contributed by atoms with E-state index >= 15 is 0 Å². The van der Waals surface area contributed by atoms with Gasteiger partial charge in [-0.3, -0.25) is 9.89 Å². The van der Waals surface area contributed by atoms with Crippen LogP contribution in [0, 0.1) is 5.41 Å². The number of aliphatic hydroxyl groups is 1. The van der Waals surface area contributed by atoms with E-state index in [4.69, 9.17) is 9.47 Å². The number of nitrogens with zero attached hydrogens (tertiary/aromatic N) is 2. The van der Waals surface area contributed by atoms with Crippen LogP contribution in [0.25, 0.3) is 0 Å². The first kappa shape index (κ1) is 25.8. The van der Waals surface area contributed by atoms with Gasteiger partial charge in [-0.05, 0) is 19.3 Å². The van der Waals surface area contributed by atoms with Gasteiger partial charge in [-0.2, -0.15) is 0 Å². The third-order valence-corrected chi connectivity index (χ3v) is 4.30. The molecular formula is C18H39IN4O3. The maximum absolute atomic E-state index is 10.7. The Labute approximate surface area is 176 Å². The van der Waals surface area contributed by atoms with E-state index in [1.54, 1.807) is 7.11 Å². The molecule has 1 heterocycles. The van der Waals surface area contributed by atoms with E-state index in [2.05, 4.69) is 41.3 Å². The van der Waals surface area contributed by atoms with Crippen LogP contribution in [0.15, 0.2) is 4.99 Å². The van der Waals surface area contributed by atoms with Crippen molar-refractivity contribution >= 4 is 29.9 Å². The maximum Gasteiger partial charge on any atom is 0.191 e. The van der Waals surface area contributed by atoms with Crippen molar-refractivity contribution in [3.8, 4) is 0 Å². The summed E-state index contributed by atoms with van der Waals surface area (Å²) >= 11 is 0. The van der Waals surface area contributed by atoms with Crippen molar-refractivity contribution in [1.29, 1.82) is 0 Å². The molecule has 3 N–H and O–H groups in total. The summed E-state index contributed by atoms with van der Waals surface area (Å²) in [7, 11) is 1.73. The fraction of sp³-hybridized carbons (Fsp3) is 0.944. The van der Waals surface area contributed by atoms with Gasteiger partial charge in [0.05, 0.1) is 31.5 Å². The van der Waals surface area contributed by atoms with E-state index in [-0.39, 0.29) is 35.5 Å². The van der Waals surface area contributed by atoms with Crippen molar-refractivity contribution in [3.63, 3.8) is 0 Å². The van der Waals surface area contributed by atoms with Gasteiger partial charge in [0.25, 0.3) is 0 Å². The summed E-state index contributed by atoms with van der Waals surface area (Å²) < 4.78 is 10.9. The van der Waals surface area contributed by atoms with E-state index < -0.39 is 5.60 Å². The van der Waals surface area contributed by atoms with Gasteiger partial charge < -0.3 is 25.2 Å². The Morgan fingerprint density at radius 1 is 1.23 bits per heavy atom. The van der Waals surface area contributed by atoms with Crippen LogP contribution < -0.4 is 10.6 Å². The van der Waals surface area contributed by atoms with Crippen LogP contribution in [0.1, 0.15) is 34.6 Å². The number of hydrogen-bond donors (Lipinski definition) is 3. The van der Waals surface area contributed by atoms with E-state index in [0.29, 0.717) is 25.6 Å². The van der Waals surface area contributed by atoms with Gasteiger partial charge in [0.1, 0.15) is 0 Å². The van der Waals surface area contributed by atoms with Gasteiger partial charge in [-0.15, -0.1) is 24.0 Å². The SMILES string of the molecule is CCNC(=NCC(C)(O)CN1CCOCC1)NCC(OC)C(C)(C)C.I. The molecule has 0 amide bonds. The van der Waals surface area contributed by atoms with Crippen molar-refractivity contribution in [2.24, 2.45) is 10.4 Å². The summed E-state index contributed by atoms with van der Waals surface area (Å²) in [5.41, 5.74) is -0.828. The number of aliphatic imine (C=N–C) groups is 1. The molecule has 0 bridgehead atoms. The smallest absolute Gasteiger partial charge is 0.191 e. The second-order valence-corrected chi connectivity index (χ2v) is 8.05. The number of ether oxygens (including phenoxy) is 2. The molecule has 7 nitrogen and oxygen atoms in total. The molecule has 1 aliphatic rings. The highest BCUT2D eigenvalue weighted by Gasteiger charge is 2.26. The molecule has 1 aliphatic heterocycles. The van der Waals surface area contributed by atoms with Gasteiger partial charge in [0.15, 0.2) is 5.96 Å². The van der Waals surface area contributed by atoms with Gasteiger partial charge in [0, 0.05) is 39.8 Å². The quantitative estimate of drug-likeness (QED) is 0.273. The topological polar surface area (TPSA) is 78.4 Å². The lowest BCUT2D eigenvalue weighted by Crippen LogP contribution is -2.49. The van der Waals surface area contributed by atoms with Crippen LogP contribution >= 0.6 is 24.0 Å². The number of halogens is 1. The summed E-state index contributed by atoms with van der Waals surface area (Å²) in [5, 5.41) is 17.2. The largest absolute Gasteiger partial charge is 0.387 e. The predicted molar refractivity (Wildman–Crippen MR) is 118 cm³/mol. The summed E-state index contributed by atoms with van der Waals surface area (Å²) in [4.78, 5) is 6.79. The maximum atomic E-state index is 10.7. The van der Waals surface area contributed by atoms with Crippen molar-refractivity contribution in [1.82, 2.24) is 15.5 Å². The Balaban J connectivity index is 0.00000625. The Hall–Kier alpha value is -0.160. The Morgan fingerprint density at radius 2 is 1.85 bits per heavy atom. The lowest BCUT2D eigenvalue weighted by molar-refractivity contribution is -0.0180. The molecule has 8 heteroatoms. The second kappa shape index (κ2) is 12.3. The highest BCUT2D eigenvalue weighted by Crippen LogP contribution is 2.20. The predicted octanol–water partition coefficient (Wildman–Crippen LogP) is 1.30. The monoisotopic (exact) mass is 486 g/mol. The van der Waals surface area contributed by atoms with E-state index in [1.807, 2.05) is 13.8 Å². The molecule has 2 unspecified atom stereocenters. The van der Waals surface area contributed by atoms with Gasteiger partial charge >= 0.3 is 0 Å². The van der Waals surface area contributed by atoms with Crippen LogP contribution in [0.5, 0.6) is 0 Å². The van der Waals surface area contributed by atoms with Crippen molar-refractivity contribution in [3.05, 3.63) is 0 Å². The van der Waals surface area contributed by atoms with Crippen LogP contribution in [-0.4, -0.2) is 87.3 Å². The van der Waals surface area contributed by atoms with Gasteiger partial charge in [-0.1, -0.05) is 20.8 Å². The molecule has 0 aliphatic carbocycles. The molecule has 1 rings (SSSR count). The molecule has 1 fully saturated rings. The Kier molecular flexibility index (Phi) is 12.3. The standard InChI is InChI=1S/C18H38N4O3.HI/c1-7-19-16(20-12-15(24-6)17(2,3)4)21-13-18(5,23)14-22-8-10-25-11-9-22;/h15,23H,7-14H2,1-6H3,(H2,19,20,21);1H. The molecule has 0 aromatic rings. The van der Waals surface area contributed by atoms with Gasteiger partial charge in [0.2, 0.25) is 0 Å². The highest BCUT2D eigenvalue weighted by atomic mass is 127. The number of hydrogen-bond acceptors (Lipinski definition) is 5. The van der Waals surface area contributed by atoms with Crippen molar-refractivity contribution in [2.45, 2.75) is 46.3 Å². The normalized spacial score (nSPS) is 20.0. The molecule has 0 saturated carbocycles. The lowest BCUT2D eigenvalue weighted by atomic mass is 9.89. The molecule has 156 valence electrons. The number of morpholine rings is 1. The van der Waals surface area contributed by atoms with Crippen molar-refractivity contribution < 1.29 is 14.6 Å². The fourth-order valence-corrected chi connectivity index (χ4v) is 2.81. The average Bonchev–Trinajstić information content (AvgIpc) is 2.52. The molecular weight excluding hydrogens is 447 g/mol. The lowest BCUT2D eigenvalue weighted by Gasteiger charge is -2.33. The molecule has 0 spiro atoms. The van der Waals surface area contributed by atoms with Crippen LogP contribution in [0.3, 0.4) is 0 Å². The summed E-state index contributed by atoms with van der Waals surface area (Å²) in [6, 6.07) is 0. The molecule has 0 aromatic heterocycles. The molecule has 0 aromatic carbocycles. The summed E-state index contributed by atoms with van der Waals surface area (Å²) in [5.74, 6) is 0.705. The molecule has 1 saturated heterocycles. The van der Waals surface area contributed by atoms with E-state index in [9.17, 15) is 5.11 Å². The first-order valence-corrected chi connectivity index (χ1v) is 9.25. The average molecular weight is 486 g/mol. The minimum Gasteiger partial charge on any atom is -0.387 e. The third-order valence-electron chi connectivity index (χ3n) is 4.30. The first-order chi connectivity index (χ1) is 11.7. The zero-order valence-corrected chi connectivity index (χ0v) is 19.6. The Bertz CT molecular complexity index is 408.